The van der Waals surface area contributed by atoms with Crippen molar-refractivity contribution in [3.05, 3.63) is 29.8 Å². The van der Waals surface area contributed by atoms with Gasteiger partial charge in [0.15, 0.2) is 5.82 Å². The van der Waals surface area contributed by atoms with Crippen molar-refractivity contribution in [2.24, 2.45) is 0 Å². The molecule has 0 bridgehead atoms. The van der Waals surface area contributed by atoms with Crippen molar-refractivity contribution in [1.82, 2.24) is 19.8 Å². The number of hydrogen-bond acceptors (Lipinski definition) is 5. The Kier molecular flexibility index (Phi) is 2.07. The first kappa shape index (κ1) is 9.29. The van der Waals surface area contributed by atoms with E-state index in [4.69, 9.17) is 4.74 Å². The standard InChI is InChI=1S/C10H8N4OS/c1-15-8-5-3-2-4-7(8)9-12-13-10-14(9)11-6-16-10/h2-6H,1H3. The third-order valence-corrected chi connectivity index (χ3v) is 2.95. The van der Waals surface area contributed by atoms with E-state index >= 15 is 0 Å². The second kappa shape index (κ2) is 3.57. The van der Waals surface area contributed by atoms with E-state index in [0.29, 0.717) is 5.82 Å². The van der Waals surface area contributed by atoms with Gasteiger partial charge in [-0.15, -0.1) is 10.2 Å². The van der Waals surface area contributed by atoms with Gasteiger partial charge in [-0.2, -0.15) is 9.61 Å². The molecule has 80 valence electrons. The van der Waals surface area contributed by atoms with Crippen LogP contribution in [0.4, 0.5) is 0 Å². The molecular formula is C10H8N4OS. The highest BCUT2D eigenvalue weighted by molar-refractivity contribution is 7.14. The lowest BCUT2D eigenvalue weighted by Crippen LogP contribution is -1.93. The van der Waals surface area contributed by atoms with Crippen molar-refractivity contribution in [3.63, 3.8) is 0 Å². The first-order chi connectivity index (χ1) is 7.90. The van der Waals surface area contributed by atoms with Gasteiger partial charge in [-0.3, -0.25) is 0 Å². The van der Waals surface area contributed by atoms with Gasteiger partial charge in [0.1, 0.15) is 11.3 Å². The molecule has 0 N–H and O–H groups in total. The normalized spacial score (nSPS) is 10.8. The Morgan fingerprint density at radius 3 is 3.00 bits per heavy atom. The van der Waals surface area contributed by atoms with Gasteiger partial charge in [-0.1, -0.05) is 23.5 Å². The Labute approximate surface area is 95.3 Å². The van der Waals surface area contributed by atoms with Gasteiger partial charge in [-0.05, 0) is 12.1 Å². The van der Waals surface area contributed by atoms with Crippen LogP contribution < -0.4 is 4.74 Å². The zero-order chi connectivity index (χ0) is 11.0. The summed E-state index contributed by atoms with van der Waals surface area (Å²) in [4.78, 5) is 0.779. The van der Waals surface area contributed by atoms with E-state index in [0.717, 1.165) is 16.3 Å². The average molecular weight is 232 g/mol. The Morgan fingerprint density at radius 1 is 1.25 bits per heavy atom. The topological polar surface area (TPSA) is 52.3 Å². The van der Waals surface area contributed by atoms with Crippen LogP contribution in [0.25, 0.3) is 16.3 Å². The molecule has 1 aromatic carbocycles. The summed E-state index contributed by atoms with van der Waals surface area (Å²) in [7, 11) is 1.64. The van der Waals surface area contributed by atoms with Gasteiger partial charge < -0.3 is 4.74 Å². The second-order valence-electron chi connectivity index (χ2n) is 3.16. The number of aromatic nitrogens is 4. The van der Waals surface area contributed by atoms with Crippen molar-refractivity contribution < 1.29 is 4.74 Å². The lowest BCUT2D eigenvalue weighted by Gasteiger charge is -2.04. The molecule has 0 amide bonds. The maximum absolute atomic E-state index is 5.29. The molecule has 0 aliphatic carbocycles. The SMILES string of the molecule is COc1ccccc1-c1nnc2scnn12. The number of para-hydroxylation sites is 1. The van der Waals surface area contributed by atoms with E-state index in [1.807, 2.05) is 24.3 Å². The molecule has 0 aliphatic heterocycles. The van der Waals surface area contributed by atoms with Crippen LogP contribution >= 0.6 is 11.3 Å². The van der Waals surface area contributed by atoms with Crippen LogP contribution in [-0.4, -0.2) is 26.9 Å². The lowest BCUT2D eigenvalue weighted by molar-refractivity contribution is 0.416. The molecule has 0 unspecified atom stereocenters. The van der Waals surface area contributed by atoms with E-state index in [9.17, 15) is 0 Å². The molecule has 5 nitrogen and oxygen atoms in total. The number of rotatable bonds is 2. The highest BCUT2D eigenvalue weighted by Crippen LogP contribution is 2.28. The van der Waals surface area contributed by atoms with Crippen LogP contribution in [-0.2, 0) is 0 Å². The van der Waals surface area contributed by atoms with E-state index in [-0.39, 0.29) is 0 Å². The van der Waals surface area contributed by atoms with Crippen molar-refractivity contribution in [2.45, 2.75) is 0 Å². The average Bonchev–Trinajstić information content (AvgIpc) is 2.91. The van der Waals surface area contributed by atoms with Gasteiger partial charge in [0.2, 0.25) is 4.96 Å². The molecule has 6 heteroatoms. The fourth-order valence-electron chi connectivity index (χ4n) is 1.56. The van der Waals surface area contributed by atoms with Gasteiger partial charge in [0.05, 0.1) is 12.7 Å². The predicted molar refractivity (Wildman–Crippen MR) is 60.6 cm³/mol. The summed E-state index contributed by atoms with van der Waals surface area (Å²) in [6.07, 6.45) is 0. The number of methoxy groups -OCH3 is 1. The van der Waals surface area contributed by atoms with Gasteiger partial charge in [0, 0.05) is 0 Å². The molecule has 0 aliphatic rings. The number of hydrogen-bond donors (Lipinski definition) is 0. The Bertz CT molecular complexity index is 630. The number of fused-ring (bicyclic) bond motifs is 1. The van der Waals surface area contributed by atoms with Gasteiger partial charge >= 0.3 is 0 Å². The molecule has 3 rings (SSSR count). The number of ether oxygens (including phenoxy) is 1. The zero-order valence-corrected chi connectivity index (χ0v) is 9.31. The molecule has 0 atom stereocenters. The largest absolute Gasteiger partial charge is 0.496 e. The Hall–Kier alpha value is -1.95. The summed E-state index contributed by atoms with van der Waals surface area (Å²) in [5.74, 6) is 1.47. The number of benzene rings is 1. The Balaban J connectivity index is 2.27. The molecule has 16 heavy (non-hydrogen) atoms. The maximum atomic E-state index is 5.29. The van der Waals surface area contributed by atoms with Crippen LogP contribution in [0, 0.1) is 0 Å². The molecular weight excluding hydrogens is 224 g/mol. The van der Waals surface area contributed by atoms with E-state index < -0.39 is 0 Å². The maximum Gasteiger partial charge on any atom is 0.234 e. The summed E-state index contributed by atoms with van der Waals surface area (Å²) in [6, 6.07) is 7.68. The van der Waals surface area contributed by atoms with Crippen LogP contribution in [0.1, 0.15) is 0 Å². The first-order valence-corrected chi connectivity index (χ1v) is 5.56. The molecule has 2 heterocycles. The minimum atomic E-state index is 0.703. The quantitative estimate of drug-likeness (QED) is 0.676. The molecule has 0 fully saturated rings. The van der Waals surface area contributed by atoms with Crippen molar-refractivity contribution in [1.29, 1.82) is 0 Å². The highest BCUT2D eigenvalue weighted by atomic mass is 32.1. The van der Waals surface area contributed by atoms with Crippen LogP contribution in [0.3, 0.4) is 0 Å². The summed E-state index contributed by atoms with van der Waals surface area (Å²) in [5.41, 5.74) is 2.63. The second-order valence-corrected chi connectivity index (χ2v) is 3.97. The van der Waals surface area contributed by atoms with E-state index in [1.54, 1.807) is 17.1 Å². The van der Waals surface area contributed by atoms with E-state index in [1.165, 1.54) is 11.3 Å². The minimum absolute atomic E-state index is 0.703. The molecule has 2 aromatic heterocycles. The lowest BCUT2D eigenvalue weighted by atomic mass is 10.2. The minimum Gasteiger partial charge on any atom is -0.496 e. The van der Waals surface area contributed by atoms with Gasteiger partial charge in [0.25, 0.3) is 0 Å². The summed E-state index contributed by atoms with van der Waals surface area (Å²) in [6.45, 7) is 0. The Morgan fingerprint density at radius 2 is 2.12 bits per heavy atom. The third kappa shape index (κ3) is 1.27. The van der Waals surface area contributed by atoms with Gasteiger partial charge in [-0.25, -0.2) is 0 Å². The zero-order valence-electron chi connectivity index (χ0n) is 8.49. The fourth-order valence-corrected chi connectivity index (χ4v) is 2.12. The summed E-state index contributed by atoms with van der Waals surface area (Å²) < 4.78 is 7.00. The van der Waals surface area contributed by atoms with Crippen molar-refractivity contribution in [3.8, 4) is 17.1 Å². The first-order valence-electron chi connectivity index (χ1n) is 4.68. The van der Waals surface area contributed by atoms with Crippen molar-refractivity contribution >= 4 is 16.3 Å². The molecule has 3 aromatic rings. The third-order valence-electron chi connectivity index (χ3n) is 2.28. The van der Waals surface area contributed by atoms with Crippen LogP contribution in [0.15, 0.2) is 29.8 Å². The van der Waals surface area contributed by atoms with Crippen LogP contribution in [0.5, 0.6) is 5.75 Å². The van der Waals surface area contributed by atoms with Crippen molar-refractivity contribution in [2.75, 3.05) is 7.11 Å². The molecule has 0 saturated heterocycles. The monoisotopic (exact) mass is 232 g/mol. The number of nitrogens with zero attached hydrogens (tertiary/aromatic N) is 4. The predicted octanol–water partition coefficient (Wildman–Crippen LogP) is 1.86. The van der Waals surface area contributed by atoms with Crippen LogP contribution in [0.2, 0.25) is 0 Å². The summed E-state index contributed by atoms with van der Waals surface area (Å²) >= 11 is 1.45. The highest BCUT2D eigenvalue weighted by Gasteiger charge is 2.13. The smallest absolute Gasteiger partial charge is 0.234 e. The fraction of sp³-hybridized carbons (Fsp3) is 0.100. The molecule has 0 saturated carbocycles. The molecule has 0 radical (unpaired) electrons. The molecule has 0 spiro atoms. The van der Waals surface area contributed by atoms with E-state index in [2.05, 4.69) is 15.3 Å². The summed E-state index contributed by atoms with van der Waals surface area (Å²) in [5, 5.41) is 12.3.